The summed E-state index contributed by atoms with van der Waals surface area (Å²) in [5.41, 5.74) is -1.42. The topological polar surface area (TPSA) is 77.0 Å². The first-order valence-corrected chi connectivity index (χ1v) is 6.35. The van der Waals surface area contributed by atoms with Gasteiger partial charge in [0.15, 0.2) is 0 Å². The van der Waals surface area contributed by atoms with Crippen LogP contribution >= 0.6 is 31.9 Å². The van der Waals surface area contributed by atoms with Crippen molar-refractivity contribution < 1.29 is 23.2 Å². The Hall–Kier alpha value is -1.35. The molecule has 0 radical (unpaired) electrons. The lowest BCUT2D eigenvalue weighted by Gasteiger charge is -2.00. The zero-order valence-corrected chi connectivity index (χ0v) is 11.8. The molecule has 3 rings (SSSR count). The van der Waals surface area contributed by atoms with Crippen molar-refractivity contribution in [3.05, 3.63) is 22.1 Å². The second kappa shape index (κ2) is 3.60. The number of halogens is 4. The van der Waals surface area contributed by atoms with Crippen LogP contribution in [-0.2, 0) is 4.79 Å². The van der Waals surface area contributed by atoms with Crippen LogP contribution in [0.1, 0.15) is 21.0 Å². The summed E-state index contributed by atoms with van der Waals surface area (Å²) in [4.78, 5) is 41.8. The minimum atomic E-state index is -4.14. The number of ketones is 3. The molecular weight excluding hydrogens is 394 g/mol. The summed E-state index contributed by atoms with van der Waals surface area (Å²) in [6, 6.07) is 0. The predicted molar refractivity (Wildman–Crippen MR) is 64.6 cm³/mol. The average molecular weight is 394 g/mol. The third-order valence-corrected chi connectivity index (χ3v) is 4.18. The van der Waals surface area contributed by atoms with Gasteiger partial charge in [-0.05, 0) is 31.9 Å². The summed E-state index contributed by atoms with van der Waals surface area (Å²) < 4.78 is 26.6. The monoisotopic (exact) mass is 392 g/mol. The summed E-state index contributed by atoms with van der Waals surface area (Å²) in [6.45, 7) is 0. The second-order valence-corrected chi connectivity index (χ2v) is 5.39. The summed E-state index contributed by atoms with van der Waals surface area (Å²) >= 11 is 5.89. The van der Waals surface area contributed by atoms with Crippen molar-refractivity contribution in [2.75, 3.05) is 0 Å². The maximum atomic E-state index is 13.3. The lowest BCUT2D eigenvalue weighted by molar-refractivity contribution is -0.108. The molecule has 0 amide bonds. The van der Waals surface area contributed by atoms with Gasteiger partial charge in [-0.1, -0.05) is 0 Å². The van der Waals surface area contributed by atoms with Crippen molar-refractivity contribution in [1.82, 2.24) is 9.97 Å². The number of carbonyl (C=O) groups is 3. The summed E-state index contributed by atoms with van der Waals surface area (Å²) in [6.07, 6.45) is 0. The van der Waals surface area contributed by atoms with Gasteiger partial charge in [-0.25, -0.2) is 9.97 Å². The number of fused-ring (bicyclic) bond motifs is 2. The van der Waals surface area contributed by atoms with Crippen LogP contribution in [0.4, 0.5) is 8.78 Å². The molecule has 0 fully saturated rings. The highest BCUT2D eigenvalue weighted by Crippen LogP contribution is 2.31. The highest BCUT2D eigenvalue weighted by Gasteiger charge is 2.57. The molecule has 0 aromatic carbocycles. The molecule has 0 spiro atoms. The van der Waals surface area contributed by atoms with E-state index >= 15 is 0 Å². The quantitative estimate of drug-likeness (QED) is 0.583. The van der Waals surface area contributed by atoms with Gasteiger partial charge in [-0.2, -0.15) is 8.78 Å². The lowest BCUT2D eigenvalue weighted by atomic mass is 10.2. The standard InChI is InChI=1S/C10Br2F2N2O3/c11-1-3-4(2(12)7(1)17)16-6-5(15-3)8(18)10(13,14)9(6)19. The Morgan fingerprint density at radius 2 is 1.21 bits per heavy atom. The fourth-order valence-electron chi connectivity index (χ4n) is 1.77. The van der Waals surface area contributed by atoms with E-state index in [1.54, 1.807) is 0 Å². The summed E-state index contributed by atoms with van der Waals surface area (Å²) in [7, 11) is 0. The Morgan fingerprint density at radius 1 is 0.842 bits per heavy atom. The van der Waals surface area contributed by atoms with Crippen molar-refractivity contribution >= 4 is 58.2 Å². The summed E-state index contributed by atoms with van der Waals surface area (Å²) in [5, 5.41) is -0.0658. The van der Waals surface area contributed by atoms with Gasteiger partial charge in [0.2, 0.25) is 5.78 Å². The van der Waals surface area contributed by atoms with Gasteiger partial charge in [0.25, 0.3) is 11.6 Å². The van der Waals surface area contributed by atoms with Gasteiger partial charge in [-0.3, -0.25) is 14.4 Å². The molecule has 1 aromatic rings. The number of hydrogen-bond donors (Lipinski definition) is 0. The molecule has 0 atom stereocenters. The van der Waals surface area contributed by atoms with Gasteiger partial charge < -0.3 is 0 Å². The van der Waals surface area contributed by atoms with Crippen LogP contribution in [0.15, 0.2) is 0 Å². The minimum absolute atomic E-state index is 0.000130. The van der Waals surface area contributed by atoms with E-state index in [4.69, 9.17) is 0 Å². The number of carbonyl (C=O) groups excluding carboxylic acids is 3. The zero-order valence-electron chi connectivity index (χ0n) is 8.63. The molecule has 9 heteroatoms. The number of nitrogens with zero attached hydrogens (tertiary/aromatic N) is 2. The zero-order chi connectivity index (χ0) is 14.1. The Labute approximate surface area is 119 Å². The largest absolute Gasteiger partial charge is 0.374 e. The van der Waals surface area contributed by atoms with E-state index in [9.17, 15) is 23.2 Å². The normalized spacial score (nSPS) is 20.1. The average Bonchev–Trinajstić information content (AvgIpc) is 2.69. The van der Waals surface area contributed by atoms with Crippen molar-refractivity contribution in [2.45, 2.75) is 5.92 Å². The first kappa shape index (κ1) is 12.7. The smallest absolute Gasteiger partial charge is 0.287 e. The van der Waals surface area contributed by atoms with E-state index < -0.39 is 34.7 Å². The molecule has 5 nitrogen and oxygen atoms in total. The fourth-order valence-corrected chi connectivity index (χ4v) is 2.99. The Balaban J connectivity index is 2.47. The van der Waals surface area contributed by atoms with E-state index in [0.29, 0.717) is 0 Å². The highest BCUT2D eigenvalue weighted by molar-refractivity contribution is 9.16. The van der Waals surface area contributed by atoms with E-state index in [1.807, 2.05) is 0 Å². The predicted octanol–water partition coefficient (Wildman–Crippen LogP) is 0.0798. The SMILES string of the molecule is O=C1C(Br)=c2nc3c(nc2=C1Br)C(=O)C(F)(F)C3=O. The van der Waals surface area contributed by atoms with Crippen LogP contribution in [0.2, 0.25) is 0 Å². The van der Waals surface area contributed by atoms with Gasteiger partial charge in [0.05, 0.1) is 8.96 Å². The fraction of sp³-hybridized carbons (Fsp3) is 0.100. The maximum absolute atomic E-state index is 13.3. The first-order valence-electron chi connectivity index (χ1n) is 4.76. The molecule has 0 unspecified atom stereocenters. The van der Waals surface area contributed by atoms with Gasteiger partial charge in [0.1, 0.15) is 22.1 Å². The Kier molecular flexibility index (Phi) is 2.40. The van der Waals surface area contributed by atoms with Gasteiger partial charge in [-0.15, -0.1) is 0 Å². The van der Waals surface area contributed by atoms with Crippen molar-refractivity contribution in [3.8, 4) is 0 Å². The number of rotatable bonds is 0. The lowest BCUT2D eigenvalue weighted by Crippen LogP contribution is -2.33. The molecule has 0 N–H and O–H groups in total. The van der Waals surface area contributed by atoms with E-state index in [2.05, 4.69) is 41.8 Å². The molecule has 2 aliphatic rings. The van der Waals surface area contributed by atoms with Crippen LogP contribution in [-0.4, -0.2) is 33.2 Å². The maximum Gasteiger partial charge on any atom is 0.374 e. The van der Waals surface area contributed by atoms with E-state index in [0.717, 1.165) is 0 Å². The summed E-state index contributed by atoms with van der Waals surface area (Å²) in [5.74, 6) is -8.01. The molecule has 19 heavy (non-hydrogen) atoms. The van der Waals surface area contributed by atoms with Crippen LogP contribution < -0.4 is 10.7 Å². The molecule has 0 saturated heterocycles. The molecule has 96 valence electrons. The molecule has 1 heterocycles. The molecule has 0 bridgehead atoms. The van der Waals surface area contributed by atoms with Crippen molar-refractivity contribution in [3.63, 3.8) is 0 Å². The molecular formula is C10Br2F2N2O3. The highest BCUT2D eigenvalue weighted by atomic mass is 79.9. The Morgan fingerprint density at radius 3 is 1.58 bits per heavy atom. The minimum Gasteiger partial charge on any atom is -0.287 e. The number of aromatic nitrogens is 2. The van der Waals surface area contributed by atoms with Crippen LogP contribution in [0, 0.1) is 0 Å². The van der Waals surface area contributed by atoms with Gasteiger partial charge >= 0.3 is 5.92 Å². The number of Topliss-reactive ketones (excluding diaryl/α,β-unsaturated/α-hetero) is 3. The van der Waals surface area contributed by atoms with Crippen molar-refractivity contribution in [1.29, 1.82) is 0 Å². The molecule has 0 saturated carbocycles. The van der Waals surface area contributed by atoms with Gasteiger partial charge in [0, 0.05) is 0 Å². The first-order chi connectivity index (χ1) is 8.76. The van der Waals surface area contributed by atoms with Crippen LogP contribution in [0.5, 0.6) is 0 Å². The van der Waals surface area contributed by atoms with Crippen LogP contribution in [0.3, 0.4) is 0 Å². The number of hydrogen-bond acceptors (Lipinski definition) is 5. The molecule has 1 aromatic heterocycles. The van der Waals surface area contributed by atoms with Crippen molar-refractivity contribution in [2.24, 2.45) is 0 Å². The Bertz CT molecular complexity index is 767. The number of alkyl halides is 2. The van der Waals surface area contributed by atoms with E-state index in [-0.39, 0.29) is 19.7 Å². The third-order valence-electron chi connectivity index (χ3n) is 2.71. The van der Waals surface area contributed by atoms with Crippen LogP contribution in [0.25, 0.3) is 8.96 Å². The third kappa shape index (κ3) is 1.39. The van der Waals surface area contributed by atoms with E-state index in [1.165, 1.54) is 0 Å². The molecule has 0 aliphatic heterocycles. The molecule has 2 aliphatic carbocycles. The second-order valence-electron chi connectivity index (χ2n) is 3.81.